The number of hydrogen-bond acceptors (Lipinski definition) is 6. The molecule has 0 aliphatic heterocycles. The molecule has 0 amide bonds. The predicted molar refractivity (Wildman–Crippen MR) is 111 cm³/mol. The maximum atomic E-state index is 4.50. The van der Waals surface area contributed by atoms with E-state index in [1.807, 2.05) is 36.4 Å². The Morgan fingerprint density at radius 3 is 2.27 bits per heavy atom. The Morgan fingerprint density at radius 2 is 1.50 bits per heavy atom. The van der Waals surface area contributed by atoms with Gasteiger partial charge in [0.2, 0.25) is 5.82 Å². The van der Waals surface area contributed by atoms with E-state index >= 15 is 0 Å². The molecule has 8 nitrogen and oxygen atoms in total. The number of aromatic amines is 1. The monoisotopic (exact) mass is 394 g/mol. The van der Waals surface area contributed by atoms with Gasteiger partial charge in [0.1, 0.15) is 0 Å². The quantitative estimate of drug-likeness (QED) is 0.475. The van der Waals surface area contributed by atoms with E-state index < -0.39 is 0 Å². The van der Waals surface area contributed by atoms with Crippen LogP contribution in [-0.2, 0) is 13.0 Å². The van der Waals surface area contributed by atoms with Crippen molar-refractivity contribution in [3.05, 3.63) is 95.8 Å². The first-order valence-electron chi connectivity index (χ1n) is 9.58. The summed E-state index contributed by atoms with van der Waals surface area (Å²) in [6, 6.07) is 26.5. The Kier molecular flexibility index (Phi) is 4.79. The number of rotatable bonds is 6. The van der Waals surface area contributed by atoms with Gasteiger partial charge in [0.25, 0.3) is 0 Å². The topological polar surface area (TPSA) is 98.1 Å². The fourth-order valence-corrected chi connectivity index (χ4v) is 3.35. The Hall–Kier alpha value is -4.20. The minimum absolute atomic E-state index is 0.564. The van der Waals surface area contributed by atoms with E-state index in [-0.39, 0.29) is 0 Å². The Balaban J connectivity index is 1.32. The largest absolute Gasteiger partial charge is 0.205 e. The lowest BCUT2D eigenvalue weighted by molar-refractivity contribution is 0.571. The van der Waals surface area contributed by atoms with Crippen molar-refractivity contribution in [1.82, 2.24) is 40.8 Å². The molecule has 2 heterocycles. The molecule has 2 aromatic heterocycles. The number of aromatic nitrogens is 8. The highest BCUT2D eigenvalue weighted by atomic mass is 15.6. The van der Waals surface area contributed by atoms with Crippen molar-refractivity contribution in [2.24, 2.45) is 0 Å². The molecule has 5 rings (SSSR count). The second-order valence-electron chi connectivity index (χ2n) is 6.88. The number of nitrogens with zero attached hydrogens (tertiary/aromatic N) is 7. The molecule has 8 heteroatoms. The molecule has 1 N–H and O–H groups in total. The first-order chi connectivity index (χ1) is 14.8. The van der Waals surface area contributed by atoms with Crippen LogP contribution in [0.5, 0.6) is 0 Å². The lowest BCUT2D eigenvalue weighted by Gasteiger charge is -2.08. The van der Waals surface area contributed by atoms with Gasteiger partial charge in [-0.1, -0.05) is 78.9 Å². The first kappa shape index (κ1) is 17.9. The zero-order valence-electron chi connectivity index (χ0n) is 16.1. The highest BCUT2D eigenvalue weighted by molar-refractivity contribution is 5.80. The van der Waals surface area contributed by atoms with Crippen LogP contribution in [0.3, 0.4) is 0 Å². The van der Waals surface area contributed by atoms with Gasteiger partial charge in [-0.3, -0.25) is 0 Å². The predicted octanol–water partition coefficient (Wildman–Crippen LogP) is 3.16. The highest BCUT2D eigenvalue weighted by Crippen LogP contribution is 2.29. The number of hydrogen-bond donors (Lipinski definition) is 1. The highest BCUT2D eigenvalue weighted by Gasteiger charge is 2.11. The third-order valence-electron chi connectivity index (χ3n) is 4.80. The molecule has 0 aliphatic carbocycles. The standard InChI is InChI=1S/C22H18N8/c1-2-6-16(7-3-1)14-21-23-29-30(26-21)15-17-10-12-18(13-11-17)19-8-4-5-9-20(19)22-24-27-28-25-22/h1-13H,14-15H2,(H,24,25,27,28). The molecule has 0 bridgehead atoms. The van der Waals surface area contributed by atoms with Crippen LogP contribution in [0.25, 0.3) is 22.5 Å². The summed E-state index contributed by atoms with van der Waals surface area (Å²) in [6.45, 7) is 0.564. The Labute approximate surface area is 172 Å². The molecule has 0 unspecified atom stereocenters. The minimum atomic E-state index is 0.564. The average Bonchev–Trinajstić information content (AvgIpc) is 3.48. The van der Waals surface area contributed by atoms with Crippen molar-refractivity contribution < 1.29 is 0 Å². The van der Waals surface area contributed by atoms with Crippen molar-refractivity contribution in [1.29, 1.82) is 0 Å². The van der Waals surface area contributed by atoms with Gasteiger partial charge in [0.05, 0.1) is 6.54 Å². The lowest BCUT2D eigenvalue weighted by atomic mass is 9.98. The molecule has 0 aliphatic rings. The SMILES string of the molecule is c1ccc(Cc2nnn(Cc3ccc(-c4ccccc4-c4nn[nH]n4)cc3)n2)cc1. The summed E-state index contributed by atoms with van der Waals surface area (Å²) in [5, 5.41) is 27.2. The molecule has 3 aromatic carbocycles. The zero-order valence-corrected chi connectivity index (χ0v) is 16.1. The number of H-pyrrole nitrogens is 1. The van der Waals surface area contributed by atoms with Gasteiger partial charge in [-0.25, -0.2) is 0 Å². The van der Waals surface area contributed by atoms with Gasteiger partial charge < -0.3 is 0 Å². The van der Waals surface area contributed by atoms with E-state index in [0.29, 0.717) is 24.6 Å². The van der Waals surface area contributed by atoms with Crippen LogP contribution in [0.1, 0.15) is 17.0 Å². The van der Waals surface area contributed by atoms with Crippen LogP contribution in [0.4, 0.5) is 0 Å². The van der Waals surface area contributed by atoms with E-state index in [4.69, 9.17) is 0 Å². The molecule has 0 saturated heterocycles. The van der Waals surface area contributed by atoms with Gasteiger partial charge in [0.15, 0.2) is 5.82 Å². The Bertz CT molecular complexity index is 1230. The second-order valence-corrected chi connectivity index (χ2v) is 6.88. The maximum absolute atomic E-state index is 4.50. The smallest absolute Gasteiger partial charge is 0.177 e. The molecule has 0 spiro atoms. The molecule has 0 saturated carbocycles. The number of tetrazole rings is 2. The fraction of sp³-hybridized carbons (Fsp3) is 0.0909. The second kappa shape index (κ2) is 8.04. The van der Waals surface area contributed by atoms with E-state index in [1.165, 1.54) is 5.56 Å². The van der Waals surface area contributed by atoms with Gasteiger partial charge in [0, 0.05) is 12.0 Å². The molecule has 146 valence electrons. The van der Waals surface area contributed by atoms with Crippen molar-refractivity contribution in [3.63, 3.8) is 0 Å². The van der Waals surface area contributed by atoms with Crippen molar-refractivity contribution in [2.75, 3.05) is 0 Å². The summed E-state index contributed by atoms with van der Waals surface area (Å²) in [5.41, 5.74) is 5.33. The summed E-state index contributed by atoms with van der Waals surface area (Å²) >= 11 is 0. The van der Waals surface area contributed by atoms with Crippen molar-refractivity contribution >= 4 is 0 Å². The number of nitrogens with one attached hydrogen (secondary N) is 1. The first-order valence-corrected chi connectivity index (χ1v) is 9.58. The van der Waals surface area contributed by atoms with Crippen molar-refractivity contribution in [2.45, 2.75) is 13.0 Å². The average molecular weight is 394 g/mol. The fourth-order valence-electron chi connectivity index (χ4n) is 3.35. The van der Waals surface area contributed by atoms with Gasteiger partial charge in [-0.2, -0.15) is 10.0 Å². The number of benzene rings is 3. The van der Waals surface area contributed by atoms with E-state index in [0.717, 1.165) is 22.3 Å². The van der Waals surface area contributed by atoms with Crippen LogP contribution in [0.2, 0.25) is 0 Å². The third-order valence-corrected chi connectivity index (χ3v) is 4.80. The normalized spacial score (nSPS) is 10.9. The zero-order chi connectivity index (χ0) is 20.2. The summed E-state index contributed by atoms with van der Waals surface area (Å²) in [6.07, 6.45) is 0.673. The van der Waals surface area contributed by atoms with E-state index in [1.54, 1.807) is 4.80 Å². The van der Waals surface area contributed by atoms with E-state index in [9.17, 15) is 0 Å². The lowest BCUT2D eigenvalue weighted by Crippen LogP contribution is -2.04. The summed E-state index contributed by atoms with van der Waals surface area (Å²) in [5.74, 6) is 1.29. The molecule has 0 atom stereocenters. The van der Waals surface area contributed by atoms with Crippen LogP contribution in [0.15, 0.2) is 78.9 Å². The molecule has 5 aromatic rings. The third kappa shape index (κ3) is 3.83. The van der Waals surface area contributed by atoms with Crippen LogP contribution in [-0.4, -0.2) is 40.8 Å². The summed E-state index contributed by atoms with van der Waals surface area (Å²) in [7, 11) is 0. The van der Waals surface area contributed by atoms with Gasteiger partial charge in [-0.15, -0.1) is 20.4 Å². The minimum Gasteiger partial charge on any atom is -0.177 e. The van der Waals surface area contributed by atoms with Crippen LogP contribution < -0.4 is 0 Å². The van der Waals surface area contributed by atoms with Gasteiger partial charge in [-0.05, 0) is 32.7 Å². The van der Waals surface area contributed by atoms with E-state index in [2.05, 4.69) is 78.5 Å². The molecular formula is C22H18N8. The Morgan fingerprint density at radius 1 is 0.733 bits per heavy atom. The molecule has 30 heavy (non-hydrogen) atoms. The van der Waals surface area contributed by atoms with Crippen LogP contribution >= 0.6 is 0 Å². The summed E-state index contributed by atoms with van der Waals surface area (Å²) < 4.78 is 0. The van der Waals surface area contributed by atoms with Gasteiger partial charge >= 0.3 is 0 Å². The molecule has 0 radical (unpaired) electrons. The van der Waals surface area contributed by atoms with Crippen molar-refractivity contribution in [3.8, 4) is 22.5 Å². The molecule has 0 fully saturated rings. The molecular weight excluding hydrogens is 376 g/mol. The van der Waals surface area contributed by atoms with Crippen LogP contribution in [0, 0.1) is 0 Å². The maximum Gasteiger partial charge on any atom is 0.205 e. The summed E-state index contributed by atoms with van der Waals surface area (Å²) in [4.78, 5) is 1.63.